The predicted octanol–water partition coefficient (Wildman–Crippen LogP) is 5.48. The van der Waals surface area contributed by atoms with Gasteiger partial charge in [-0.25, -0.2) is 5.10 Å². The highest BCUT2D eigenvalue weighted by atomic mass is 32.2. The number of rotatable bonds is 14. The Hall–Kier alpha value is -1.86. The first-order valence-electron chi connectivity index (χ1n) is 11.0. The van der Waals surface area contributed by atoms with E-state index >= 15 is 0 Å². The summed E-state index contributed by atoms with van der Waals surface area (Å²) in [7, 11) is 0. The van der Waals surface area contributed by atoms with Crippen molar-refractivity contribution in [1.29, 1.82) is 0 Å². The molecule has 1 aromatic carbocycles. The lowest BCUT2D eigenvalue weighted by Gasteiger charge is -2.13. The first kappa shape index (κ1) is 21.8. The molecule has 0 amide bonds. The number of nitrogens with one attached hydrogen (secondary N) is 1. The van der Waals surface area contributed by atoms with Gasteiger partial charge in [0, 0.05) is 30.1 Å². The summed E-state index contributed by atoms with van der Waals surface area (Å²) in [5.41, 5.74) is 9.03. The number of hydrogen-bond donors (Lipinski definition) is 2. The van der Waals surface area contributed by atoms with Gasteiger partial charge in [-0.2, -0.15) is 0 Å². The van der Waals surface area contributed by atoms with E-state index in [-0.39, 0.29) is 6.04 Å². The molecular weight excluding hydrogens is 380 g/mol. The number of nitrogens with two attached hydrogens (primary N) is 1. The summed E-state index contributed by atoms with van der Waals surface area (Å²) in [6.07, 6.45) is 13.3. The lowest BCUT2D eigenvalue weighted by molar-refractivity contribution is 0.575. The molecule has 1 atom stereocenters. The maximum Gasteiger partial charge on any atom is 0.206 e. The average Bonchev–Trinajstić information content (AvgIpc) is 3.39. The van der Waals surface area contributed by atoms with Crippen molar-refractivity contribution < 1.29 is 0 Å². The molecule has 0 aliphatic heterocycles. The molecule has 29 heavy (non-hydrogen) atoms. The van der Waals surface area contributed by atoms with Crippen LogP contribution >= 0.6 is 11.8 Å². The molecule has 1 unspecified atom stereocenters. The van der Waals surface area contributed by atoms with Crippen molar-refractivity contribution in [2.24, 2.45) is 5.73 Å². The number of H-pyrrole nitrogens is 1. The molecule has 0 saturated carbocycles. The Morgan fingerprint density at radius 3 is 2.76 bits per heavy atom. The Balaban J connectivity index is 1.38. The second kappa shape index (κ2) is 12.0. The van der Waals surface area contributed by atoms with Crippen molar-refractivity contribution in [1.82, 2.24) is 25.2 Å². The van der Waals surface area contributed by atoms with Crippen LogP contribution in [0, 0.1) is 0 Å². The quantitative estimate of drug-likeness (QED) is 0.269. The van der Waals surface area contributed by atoms with Crippen LogP contribution in [-0.4, -0.2) is 30.9 Å². The van der Waals surface area contributed by atoms with Crippen molar-refractivity contribution in [2.75, 3.05) is 5.75 Å². The molecule has 0 radical (unpaired) electrons. The molecule has 0 bridgehead atoms. The molecule has 0 fully saturated rings. The summed E-state index contributed by atoms with van der Waals surface area (Å²) < 4.78 is 2.39. The molecule has 0 aliphatic rings. The third-order valence-electron chi connectivity index (χ3n) is 5.45. The van der Waals surface area contributed by atoms with Crippen LogP contribution in [0.4, 0.5) is 0 Å². The molecule has 3 aromatic rings. The number of fused-ring (bicyclic) bond motifs is 1. The van der Waals surface area contributed by atoms with E-state index < -0.39 is 0 Å². The first-order chi connectivity index (χ1) is 14.3. The number of thioether (sulfide) groups is 1. The van der Waals surface area contributed by atoms with Gasteiger partial charge in [0.05, 0.1) is 0 Å². The van der Waals surface area contributed by atoms with Gasteiger partial charge in [-0.05, 0) is 52.8 Å². The second-order valence-electron chi connectivity index (χ2n) is 7.75. The van der Waals surface area contributed by atoms with E-state index in [9.17, 15) is 0 Å². The Labute approximate surface area is 178 Å². The summed E-state index contributed by atoms with van der Waals surface area (Å²) in [4.78, 5) is 0. The van der Waals surface area contributed by atoms with Gasteiger partial charge in [-0.1, -0.05) is 69.3 Å². The average molecular weight is 415 g/mol. The fraction of sp³-hybridized carbons (Fsp3) is 0.591. The monoisotopic (exact) mass is 414 g/mol. The number of aromatic nitrogens is 5. The number of nitrogens with zero attached hydrogens (tertiary/aromatic N) is 4. The van der Waals surface area contributed by atoms with Crippen LogP contribution in [0.1, 0.15) is 76.3 Å². The lowest BCUT2D eigenvalue weighted by Crippen LogP contribution is -2.10. The van der Waals surface area contributed by atoms with Crippen molar-refractivity contribution in [3.63, 3.8) is 0 Å². The van der Waals surface area contributed by atoms with Crippen molar-refractivity contribution in [3.05, 3.63) is 36.0 Å². The highest BCUT2D eigenvalue weighted by Crippen LogP contribution is 2.24. The number of aryl methyl sites for hydroxylation is 1. The standard InChI is InChI=1S/C22H34N6S/c1-2-3-7-10-20(23)19-12-11-18-13-15-28(21(18)17-19)14-8-5-4-6-9-16-29-22-24-26-27-25-22/h11-13,15,17,20H,2-10,14,16,23H2,1H3,(H,24,25,26,27). The Morgan fingerprint density at radius 1 is 1.07 bits per heavy atom. The lowest BCUT2D eigenvalue weighted by atomic mass is 10.0. The SMILES string of the molecule is CCCCCC(N)c1ccc2ccn(CCCCCCCSc3nnn[nH]3)c2c1. The topological polar surface area (TPSA) is 85.4 Å². The third kappa shape index (κ3) is 6.85. The Bertz CT molecular complexity index is 829. The first-order valence-corrected chi connectivity index (χ1v) is 12.0. The molecule has 0 spiro atoms. The number of hydrogen-bond acceptors (Lipinski definition) is 5. The van der Waals surface area contributed by atoms with Crippen LogP contribution in [0.15, 0.2) is 35.6 Å². The molecule has 6 nitrogen and oxygen atoms in total. The Kier molecular flexibility index (Phi) is 9.02. The Morgan fingerprint density at radius 2 is 1.93 bits per heavy atom. The van der Waals surface area contributed by atoms with Crippen LogP contribution in [0.25, 0.3) is 10.9 Å². The maximum absolute atomic E-state index is 6.43. The zero-order valence-corrected chi connectivity index (χ0v) is 18.3. The fourth-order valence-corrected chi connectivity index (χ4v) is 4.44. The molecule has 0 saturated heterocycles. The molecule has 3 N–H and O–H groups in total. The number of benzene rings is 1. The van der Waals surface area contributed by atoms with Crippen LogP contribution < -0.4 is 5.73 Å². The predicted molar refractivity (Wildman–Crippen MR) is 121 cm³/mol. The highest BCUT2D eigenvalue weighted by Gasteiger charge is 2.09. The van der Waals surface area contributed by atoms with Gasteiger partial charge in [0.25, 0.3) is 0 Å². The summed E-state index contributed by atoms with van der Waals surface area (Å²) in [6.45, 7) is 3.32. The number of tetrazole rings is 1. The summed E-state index contributed by atoms with van der Waals surface area (Å²) in [5, 5.41) is 16.0. The van der Waals surface area contributed by atoms with Crippen molar-refractivity contribution in [2.45, 2.75) is 82.5 Å². The minimum atomic E-state index is 0.153. The van der Waals surface area contributed by atoms with Gasteiger partial charge in [0.1, 0.15) is 0 Å². The molecule has 2 aromatic heterocycles. The van der Waals surface area contributed by atoms with Crippen LogP contribution in [0.3, 0.4) is 0 Å². The maximum atomic E-state index is 6.43. The third-order valence-corrected chi connectivity index (χ3v) is 6.39. The normalized spacial score (nSPS) is 12.6. The largest absolute Gasteiger partial charge is 0.347 e. The van der Waals surface area contributed by atoms with Crippen LogP contribution in [0.2, 0.25) is 0 Å². The molecule has 7 heteroatoms. The van der Waals surface area contributed by atoms with E-state index in [1.54, 1.807) is 11.8 Å². The summed E-state index contributed by atoms with van der Waals surface area (Å²) in [5.74, 6) is 1.07. The molecule has 0 aliphatic carbocycles. The van der Waals surface area contributed by atoms with E-state index in [1.807, 2.05) is 0 Å². The summed E-state index contributed by atoms with van der Waals surface area (Å²) in [6, 6.07) is 9.11. The molecule has 158 valence electrons. The highest BCUT2D eigenvalue weighted by molar-refractivity contribution is 7.99. The van der Waals surface area contributed by atoms with Crippen molar-refractivity contribution in [3.8, 4) is 0 Å². The number of aromatic amines is 1. The molecular formula is C22H34N6S. The van der Waals surface area contributed by atoms with Gasteiger partial charge in [-0.15, -0.1) is 5.10 Å². The smallest absolute Gasteiger partial charge is 0.206 e. The van der Waals surface area contributed by atoms with Crippen molar-refractivity contribution >= 4 is 22.7 Å². The van der Waals surface area contributed by atoms with Gasteiger partial charge in [-0.3, -0.25) is 0 Å². The molecule has 2 heterocycles. The number of unbranched alkanes of at least 4 members (excludes halogenated alkanes) is 6. The van der Waals surface area contributed by atoms with Gasteiger partial charge in [0.15, 0.2) is 0 Å². The van der Waals surface area contributed by atoms with Gasteiger partial charge in [0.2, 0.25) is 5.16 Å². The van der Waals surface area contributed by atoms with E-state index in [2.05, 4.69) is 62.6 Å². The van der Waals surface area contributed by atoms with E-state index in [0.29, 0.717) is 0 Å². The summed E-state index contributed by atoms with van der Waals surface area (Å²) >= 11 is 1.69. The zero-order chi connectivity index (χ0) is 20.3. The molecule has 3 rings (SSSR count). The van der Waals surface area contributed by atoms with Crippen LogP contribution in [-0.2, 0) is 6.54 Å². The van der Waals surface area contributed by atoms with E-state index in [4.69, 9.17) is 5.73 Å². The van der Waals surface area contributed by atoms with Gasteiger partial charge < -0.3 is 10.3 Å². The second-order valence-corrected chi connectivity index (χ2v) is 8.84. The van der Waals surface area contributed by atoms with Gasteiger partial charge >= 0.3 is 0 Å². The van der Waals surface area contributed by atoms with Crippen LogP contribution in [0.5, 0.6) is 0 Å². The zero-order valence-electron chi connectivity index (χ0n) is 17.5. The van der Waals surface area contributed by atoms with E-state index in [1.165, 1.54) is 67.8 Å². The van der Waals surface area contributed by atoms with E-state index in [0.717, 1.165) is 23.9 Å². The minimum Gasteiger partial charge on any atom is -0.347 e. The minimum absolute atomic E-state index is 0.153. The fourth-order valence-electron chi connectivity index (χ4n) is 3.70.